The molecule has 2 amide bonds. The zero-order chi connectivity index (χ0) is 20.4. The van der Waals surface area contributed by atoms with Crippen LogP contribution in [-0.4, -0.2) is 49.6 Å². The highest BCUT2D eigenvalue weighted by Crippen LogP contribution is 2.28. The fourth-order valence-corrected chi connectivity index (χ4v) is 3.28. The summed E-state index contributed by atoms with van der Waals surface area (Å²) in [5.74, 6) is 1.30. The van der Waals surface area contributed by atoms with E-state index < -0.39 is 0 Å². The molecule has 1 fully saturated rings. The van der Waals surface area contributed by atoms with Crippen molar-refractivity contribution in [2.24, 2.45) is 0 Å². The number of methoxy groups -OCH3 is 1. The van der Waals surface area contributed by atoms with Gasteiger partial charge >= 0.3 is 0 Å². The second kappa shape index (κ2) is 11.2. The zero-order valence-corrected chi connectivity index (χ0v) is 16.8. The summed E-state index contributed by atoms with van der Waals surface area (Å²) in [7, 11) is 1.57. The first-order valence-electron chi connectivity index (χ1n) is 9.76. The highest BCUT2D eigenvalue weighted by atomic mass is 16.5. The lowest BCUT2D eigenvalue weighted by molar-refractivity contribution is -0.129. The van der Waals surface area contributed by atoms with Crippen LogP contribution in [0.5, 0.6) is 11.5 Å². The van der Waals surface area contributed by atoms with Crippen molar-refractivity contribution in [3.63, 3.8) is 0 Å². The molecule has 1 saturated heterocycles. The van der Waals surface area contributed by atoms with Crippen LogP contribution >= 0.6 is 0 Å². The Morgan fingerprint density at radius 1 is 1.39 bits per heavy atom. The Hall–Kier alpha value is -2.76. The molecule has 0 spiro atoms. The molecule has 0 saturated carbocycles. The highest BCUT2D eigenvalue weighted by molar-refractivity contribution is 5.91. The largest absolute Gasteiger partial charge is 0.493 e. The Balaban J connectivity index is 1.84. The second-order valence-electron chi connectivity index (χ2n) is 6.68. The molecule has 6 nitrogen and oxygen atoms in total. The van der Waals surface area contributed by atoms with Crippen molar-refractivity contribution in [1.29, 1.82) is 0 Å². The van der Waals surface area contributed by atoms with E-state index in [1.807, 2.05) is 17.0 Å². The standard InChI is InChI=1S/C22H30N2O4/c1-4-15-28-19-10-8-17(16-20(19)27-3)9-11-21(25)23-13-12-18(5-2)24-14-6-7-22(24)26/h4,8-11,16,18H,1,5-7,12-15H2,2-3H3,(H,23,25). The number of likely N-dealkylation sites (tertiary alicyclic amines) is 1. The molecule has 0 aliphatic carbocycles. The number of rotatable bonds is 11. The quantitative estimate of drug-likeness (QED) is 0.468. The first-order valence-corrected chi connectivity index (χ1v) is 9.76. The monoisotopic (exact) mass is 386 g/mol. The van der Waals surface area contributed by atoms with Gasteiger partial charge in [0, 0.05) is 31.6 Å². The predicted octanol–water partition coefficient (Wildman–Crippen LogP) is 3.18. The van der Waals surface area contributed by atoms with Gasteiger partial charge in [0.25, 0.3) is 0 Å². The van der Waals surface area contributed by atoms with Crippen LogP contribution < -0.4 is 14.8 Å². The minimum Gasteiger partial charge on any atom is -0.493 e. The molecular formula is C22H30N2O4. The van der Waals surface area contributed by atoms with Crippen molar-refractivity contribution in [2.45, 2.75) is 38.6 Å². The number of hydrogen-bond acceptors (Lipinski definition) is 4. The fourth-order valence-electron chi connectivity index (χ4n) is 3.28. The summed E-state index contributed by atoms with van der Waals surface area (Å²) in [5.41, 5.74) is 0.840. The first-order chi connectivity index (χ1) is 13.6. The maximum atomic E-state index is 12.1. The van der Waals surface area contributed by atoms with Gasteiger partial charge in [0.1, 0.15) is 6.61 Å². The molecule has 1 atom stereocenters. The van der Waals surface area contributed by atoms with Gasteiger partial charge in [-0.25, -0.2) is 0 Å². The van der Waals surface area contributed by atoms with E-state index in [2.05, 4.69) is 18.8 Å². The fraction of sp³-hybridized carbons (Fsp3) is 0.455. The summed E-state index contributed by atoms with van der Waals surface area (Å²) in [4.78, 5) is 25.9. The van der Waals surface area contributed by atoms with Gasteiger partial charge in [0.05, 0.1) is 7.11 Å². The molecule has 1 aromatic rings. The number of carbonyl (C=O) groups excluding carboxylic acids is 2. The Kier molecular flexibility index (Phi) is 8.59. The van der Waals surface area contributed by atoms with Crippen LogP contribution in [-0.2, 0) is 9.59 Å². The Morgan fingerprint density at radius 3 is 2.86 bits per heavy atom. The van der Waals surface area contributed by atoms with Crippen LogP contribution in [0.1, 0.15) is 38.2 Å². The lowest BCUT2D eigenvalue weighted by Crippen LogP contribution is -2.38. The molecule has 1 N–H and O–H groups in total. The van der Waals surface area contributed by atoms with E-state index in [0.29, 0.717) is 31.1 Å². The molecule has 6 heteroatoms. The van der Waals surface area contributed by atoms with Gasteiger partial charge < -0.3 is 19.7 Å². The Morgan fingerprint density at radius 2 is 2.21 bits per heavy atom. The molecule has 0 aromatic heterocycles. The number of carbonyl (C=O) groups is 2. The van der Waals surface area contributed by atoms with Crippen LogP contribution in [0.3, 0.4) is 0 Å². The SMILES string of the molecule is C=CCOc1ccc(C=CC(=O)NCCC(CC)N2CCCC2=O)cc1OC. The van der Waals surface area contributed by atoms with Gasteiger partial charge in [0.15, 0.2) is 11.5 Å². The Labute approximate surface area is 167 Å². The molecule has 1 unspecified atom stereocenters. The van der Waals surface area contributed by atoms with Gasteiger partial charge in [-0.3, -0.25) is 9.59 Å². The summed E-state index contributed by atoms with van der Waals surface area (Å²) >= 11 is 0. The minimum absolute atomic E-state index is 0.159. The first kappa shape index (κ1) is 21.5. The number of hydrogen-bond donors (Lipinski definition) is 1. The summed E-state index contributed by atoms with van der Waals surface area (Å²) in [6, 6.07) is 5.68. The molecule has 2 rings (SSSR count). The van der Waals surface area contributed by atoms with E-state index in [1.165, 1.54) is 6.08 Å². The lowest BCUT2D eigenvalue weighted by Gasteiger charge is -2.26. The molecule has 1 heterocycles. The molecule has 1 aliphatic rings. The van der Waals surface area contributed by atoms with E-state index in [1.54, 1.807) is 25.3 Å². The number of amides is 2. The number of nitrogens with one attached hydrogen (secondary N) is 1. The summed E-state index contributed by atoms with van der Waals surface area (Å²) < 4.78 is 10.8. The van der Waals surface area contributed by atoms with E-state index in [0.717, 1.165) is 31.4 Å². The average molecular weight is 386 g/mol. The third-order valence-electron chi connectivity index (χ3n) is 4.77. The average Bonchev–Trinajstić information content (AvgIpc) is 3.14. The third kappa shape index (κ3) is 6.15. The second-order valence-corrected chi connectivity index (χ2v) is 6.68. The van der Waals surface area contributed by atoms with Crippen LogP contribution in [0.2, 0.25) is 0 Å². The molecule has 1 aromatic carbocycles. The molecule has 152 valence electrons. The van der Waals surface area contributed by atoms with Crippen LogP contribution in [0.15, 0.2) is 36.9 Å². The summed E-state index contributed by atoms with van der Waals surface area (Å²) in [5, 5.41) is 2.89. The molecule has 0 bridgehead atoms. The maximum absolute atomic E-state index is 12.1. The lowest BCUT2D eigenvalue weighted by atomic mass is 10.1. The molecule has 28 heavy (non-hydrogen) atoms. The maximum Gasteiger partial charge on any atom is 0.244 e. The predicted molar refractivity (Wildman–Crippen MR) is 110 cm³/mol. The number of nitrogens with zero attached hydrogens (tertiary/aromatic N) is 1. The highest BCUT2D eigenvalue weighted by Gasteiger charge is 2.26. The van der Waals surface area contributed by atoms with E-state index in [-0.39, 0.29) is 17.9 Å². The van der Waals surface area contributed by atoms with Crippen molar-refractivity contribution in [2.75, 3.05) is 26.8 Å². The molecule has 0 radical (unpaired) electrons. The van der Waals surface area contributed by atoms with Crippen molar-refractivity contribution in [3.05, 3.63) is 42.5 Å². The van der Waals surface area contributed by atoms with Crippen LogP contribution in [0.4, 0.5) is 0 Å². The topological polar surface area (TPSA) is 67.9 Å². The van der Waals surface area contributed by atoms with Gasteiger partial charge in [-0.2, -0.15) is 0 Å². The van der Waals surface area contributed by atoms with Gasteiger partial charge in [-0.15, -0.1) is 0 Å². The van der Waals surface area contributed by atoms with Gasteiger partial charge in [-0.05, 0) is 43.0 Å². The number of ether oxygens (including phenoxy) is 2. The van der Waals surface area contributed by atoms with E-state index in [9.17, 15) is 9.59 Å². The van der Waals surface area contributed by atoms with Crippen molar-refractivity contribution in [3.8, 4) is 11.5 Å². The number of benzene rings is 1. The van der Waals surface area contributed by atoms with Gasteiger partial charge in [0.2, 0.25) is 11.8 Å². The van der Waals surface area contributed by atoms with E-state index >= 15 is 0 Å². The third-order valence-corrected chi connectivity index (χ3v) is 4.77. The molecule has 1 aliphatic heterocycles. The smallest absolute Gasteiger partial charge is 0.244 e. The van der Waals surface area contributed by atoms with Crippen LogP contribution in [0, 0.1) is 0 Å². The van der Waals surface area contributed by atoms with Crippen molar-refractivity contribution in [1.82, 2.24) is 10.2 Å². The summed E-state index contributed by atoms with van der Waals surface area (Å²) in [6.07, 6.45) is 8.15. The summed E-state index contributed by atoms with van der Waals surface area (Å²) in [6.45, 7) is 7.48. The van der Waals surface area contributed by atoms with Gasteiger partial charge in [-0.1, -0.05) is 25.6 Å². The molecular weight excluding hydrogens is 356 g/mol. The van der Waals surface area contributed by atoms with E-state index in [4.69, 9.17) is 9.47 Å². The minimum atomic E-state index is -0.159. The van der Waals surface area contributed by atoms with Crippen LogP contribution in [0.25, 0.3) is 6.08 Å². The van der Waals surface area contributed by atoms with Crippen molar-refractivity contribution >= 4 is 17.9 Å². The Bertz CT molecular complexity index is 714. The normalized spacial score (nSPS) is 14.9. The van der Waals surface area contributed by atoms with Crippen molar-refractivity contribution < 1.29 is 19.1 Å². The zero-order valence-electron chi connectivity index (χ0n) is 16.8.